The van der Waals surface area contributed by atoms with E-state index in [1.807, 2.05) is 0 Å². The minimum atomic E-state index is -4.98. The monoisotopic (exact) mass is 842 g/mol. The highest BCUT2D eigenvalue weighted by Crippen LogP contribution is 2.43. The number of rotatable bonds is 14. The molecule has 1 amide bonds. The minimum Gasteiger partial charge on any atom is -0.321 e. The molecule has 284 valence electrons. The Morgan fingerprint density at radius 1 is 1.00 bits per heavy atom. The number of hydrogen-bond acceptors (Lipinski definition) is 12. The van der Waals surface area contributed by atoms with Gasteiger partial charge < -0.3 is 5.32 Å². The van der Waals surface area contributed by atoms with Crippen molar-refractivity contribution in [3.63, 3.8) is 0 Å². The molecule has 0 heterocycles. The molecule has 3 aliphatic carbocycles. The second kappa shape index (κ2) is 16.7. The second-order valence-electron chi connectivity index (χ2n) is 11.9. The lowest BCUT2D eigenvalue weighted by Gasteiger charge is -2.28. The molecule has 0 bridgehead atoms. The summed E-state index contributed by atoms with van der Waals surface area (Å²) < 4.78 is 119. The Bertz CT molecular complexity index is 2370. The van der Waals surface area contributed by atoms with Gasteiger partial charge >= 0.3 is 0 Å². The van der Waals surface area contributed by atoms with Crippen LogP contribution in [-0.4, -0.2) is 78.1 Å². The van der Waals surface area contributed by atoms with Crippen LogP contribution >= 0.6 is 21.2 Å². The molecule has 0 aliphatic heterocycles. The highest BCUT2D eigenvalue weighted by Gasteiger charge is 2.38. The fourth-order valence-corrected chi connectivity index (χ4v) is 11.2. The van der Waals surface area contributed by atoms with Crippen LogP contribution < -0.4 is 10.4 Å². The van der Waals surface area contributed by atoms with E-state index in [1.54, 1.807) is 42.1 Å². The Labute approximate surface area is 316 Å². The molecule has 4 unspecified atom stereocenters. The third kappa shape index (κ3) is 9.74. The second-order valence-corrected chi connectivity index (χ2v) is 19.5. The average Bonchev–Trinajstić information content (AvgIpc) is 3.09. The Balaban J connectivity index is 1.55. The van der Waals surface area contributed by atoms with E-state index in [0.29, 0.717) is 22.0 Å². The number of amides is 1. The largest absolute Gasteiger partial charge is 0.321 e. The first kappa shape index (κ1) is 41.0. The van der Waals surface area contributed by atoms with Crippen molar-refractivity contribution in [2.24, 2.45) is 16.1 Å². The van der Waals surface area contributed by atoms with Crippen LogP contribution in [0.2, 0.25) is 0 Å². The standard InChI is InChI=1S/C32H35N4O11PS5/c1-19-29-22(16-24(51(39,40)41)18-27(29)34-32(37)20-5-3-2-4-6-20)17-28(52(42,43)44)30(19)36-35-26-10-7-21-15-23(50(38)14-13-49-12-11-33-48)8-9-25(21)31(26)53(45,46)47/h2-8,10,15-16,18,25,28,33H,9,11-14,17,48H2,1H3,(H,34,37)(H,39,40,41)(H,42,43,44)(H,45,46,47). The molecule has 53 heavy (non-hydrogen) atoms. The van der Waals surface area contributed by atoms with E-state index >= 15 is 0 Å². The van der Waals surface area contributed by atoms with Crippen molar-refractivity contribution >= 4 is 79.5 Å². The predicted octanol–water partition coefficient (Wildman–Crippen LogP) is 4.54. The molecule has 21 heteroatoms. The molecule has 0 radical (unpaired) electrons. The first-order valence-corrected chi connectivity index (χ1v) is 23.1. The number of allylic oxidation sites excluding steroid dienone is 7. The van der Waals surface area contributed by atoms with Gasteiger partial charge in [-0.05, 0) is 72.9 Å². The van der Waals surface area contributed by atoms with Crippen molar-refractivity contribution in [3.8, 4) is 0 Å². The lowest BCUT2D eigenvalue weighted by Crippen LogP contribution is -2.29. The van der Waals surface area contributed by atoms with Crippen LogP contribution in [0.25, 0.3) is 5.57 Å². The molecule has 5 rings (SSSR count). The molecule has 4 atom stereocenters. The van der Waals surface area contributed by atoms with Crippen molar-refractivity contribution in [1.82, 2.24) is 5.09 Å². The zero-order chi connectivity index (χ0) is 38.7. The Morgan fingerprint density at radius 3 is 2.36 bits per heavy atom. The third-order valence-corrected chi connectivity index (χ3v) is 14.4. The molecule has 3 aliphatic rings. The van der Waals surface area contributed by atoms with Gasteiger partial charge in [-0.25, -0.2) is 0 Å². The average molecular weight is 843 g/mol. The van der Waals surface area contributed by atoms with Crippen LogP contribution in [0.1, 0.15) is 34.8 Å². The third-order valence-electron chi connectivity index (χ3n) is 8.48. The fourth-order valence-electron chi connectivity index (χ4n) is 6.06. The lowest BCUT2D eigenvalue weighted by atomic mass is 9.87. The van der Waals surface area contributed by atoms with E-state index in [2.05, 4.69) is 30.0 Å². The number of benzene rings is 2. The number of anilines is 1. The van der Waals surface area contributed by atoms with E-state index in [1.165, 1.54) is 31.2 Å². The summed E-state index contributed by atoms with van der Waals surface area (Å²) in [6.07, 6.45) is 5.49. The smallest absolute Gasteiger partial charge is 0.294 e. The molecule has 2 aromatic carbocycles. The van der Waals surface area contributed by atoms with E-state index in [4.69, 9.17) is 0 Å². The van der Waals surface area contributed by atoms with Crippen LogP contribution in [0.5, 0.6) is 0 Å². The van der Waals surface area contributed by atoms with Crippen molar-refractivity contribution in [1.29, 1.82) is 0 Å². The Hall–Kier alpha value is -3.17. The predicted molar refractivity (Wildman–Crippen MR) is 207 cm³/mol. The number of nitrogens with zero attached hydrogens (tertiary/aromatic N) is 2. The van der Waals surface area contributed by atoms with Crippen molar-refractivity contribution < 1.29 is 47.9 Å². The van der Waals surface area contributed by atoms with Crippen LogP contribution in [0.15, 0.2) is 109 Å². The van der Waals surface area contributed by atoms with Gasteiger partial charge in [0.1, 0.15) is 15.9 Å². The minimum absolute atomic E-state index is 0.0191. The molecule has 15 nitrogen and oxygen atoms in total. The maximum atomic E-state index is 13.1. The maximum Gasteiger partial charge on any atom is 0.294 e. The van der Waals surface area contributed by atoms with Crippen LogP contribution in [0, 0.1) is 5.92 Å². The van der Waals surface area contributed by atoms with Gasteiger partial charge in [0, 0.05) is 45.8 Å². The van der Waals surface area contributed by atoms with Gasteiger partial charge in [0.25, 0.3) is 36.3 Å². The summed E-state index contributed by atoms with van der Waals surface area (Å²) >= 11 is 1.63. The first-order chi connectivity index (χ1) is 24.9. The van der Waals surface area contributed by atoms with E-state index < -0.39 is 74.5 Å². The molecule has 2 aromatic rings. The van der Waals surface area contributed by atoms with Crippen molar-refractivity contribution in [2.45, 2.75) is 29.9 Å². The highest BCUT2D eigenvalue weighted by atomic mass is 32.2. The molecular formula is C32H35N4O11PS5. The summed E-state index contributed by atoms with van der Waals surface area (Å²) in [6.45, 7) is 2.16. The van der Waals surface area contributed by atoms with Gasteiger partial charge in [0.2, 0.25) is 0 Å². The number of azo groups is 1. The zero-order valence-corrected chi connectivity index (χ0v) is 33.1. The zero-order valence-electron chi connectivity index (χ0n) is 27.9. The van der Waals surface area contributed by atoms with Crippen molar-refractivity contribution in [3.05, 3.63) is 110 Å². The van der Waals surface area contributed by atoms with Gasteiger partial charge in [-0.15, -0.1) is 5.11 Å². The molecule has 0 saturated heterocycles. The maximum absolute atomic E-state index is 13.1. The SMILES string of the molecule is CC1=C(N=NC2=C(S(=O)(=O)O)C3CC=C(S(=O)CCSCCNP)C=C3C=C2)C(S(=O)(=O)O)Cc2cc(S(=O)(=O)O)cc(NC(=O)c3ccccc3)c21. The number of fused-ring (bicyclic) bond motifs is 2. The van der Waals surface area contributed by atoms with Gasteiger partial charge in [-0.2, -0.15) is 42.1 Å². The van der Waals surface area contributed by atoms with Gasteiger partial charge in [-0.1, -0.05) is 39.7 Å². The quantitative estimate of drug-likeness (QED) is 0.0760. The van der Waals surface area contributed by atoms with E-state index in [-0.39, 0.29) is 45.8 Å². The summed E-state index contributed by atoms with van der Waals surface area (Å²) in [5.74, 6) is 0.272. The van der Waals surface area contributed by atoms with Gasteiger partial charge in [0.15, 0.2) is 0 Å². The summed E-state index contributed by atoms with van der Waals surface area (Å²) in [5, 5.41) is 11.9. The molecule has 5 N–H and O–H groups in total. The van der Waals surface area contributed by atoms with E-state index in [9.17, 15) is 47.9 Å². The fraction of sp³-hybridized carbons (Fsp3) is 0.281. The Morgan fingerprint density at radius 2 is 1.72 bits per heavy atom. The topological polar surface area (TPSA) is 246 Å². The van der Waals surface area contributed by atoms with Crippen LogP contribution in [0.3, 0.4) is 0 Å². The van der Waals surface area contributed by atoms with E-state index in [0.717, 1.165) is 24.4 Å². The number of thioether (sulfide) groups is 1. The highest BCUT2D eigenvalue weighted by molar-refractivity contribution is 8.00. The summed E-state index contributed by atoms with van der Waals surface area (Å²) in [7, 11) is -13.7. The number of carbonyl (C=O) groups is 1. The summed E-state index contributed by atoms with van der Waals surface area (Å²) in [5.41, 5.74) is -0.00629. The normalized spacial score (nSPS) is 19.8. The number of carbonyl (C=O) groups excluding carboxylic acids is 1. The lowest BCUT2D eigenvalue weighted by molar-refractivity contribution is 0.102. The summed E-state index contributed by atoms with van der Waals surface area (Å²) in [4.78, 5) is 12.5. The van der Waals surface area contributed by atoms with Gasteiger partial charge in [0.05, 0.1) is 27.1 Å². The van der Waals surface area contributed by atoms with Crippen molar-refractivity contribution in [2.75, 3.05) is 29.1 Å². The molecule has 0 fully saturated rings. The first-order valence-electron chi connectivity index (χ1n) is 15.7. The number of hydrogen-bond donors (Lipinski definition) is 5. The molecular weight excluding hydrogens is 808 g/mol. The van der Waals surface area contributed by atoms with Gasteiger partial charge in [-0.3, -0.25) is 27.7 Å². The number of nitrogens with one attached hydrogen (secondary N) is 2. The molecule has 0 aromatic heterocycles. The molecule has 0 spiro atoms. The summed E-state index contributed by atoms with van der Waals surface area (Å²) in [6, 6.07) is 9.87. The van der Waals surface area contributed by atoms with Crippen LogP contribution in [0.4, 0.5) is 5.69 Å². The molecule has 0 saturated carbocycles. The Kier molecular flexibility index (Phi) is 12.9. The van der Waals surface area contributed by atoms with Crippen LogP contribution in [-0.2, 0) is 47.6 Å².